The molecule has 2 aliphatic heterocycles. The predicted octanol–water partition coefficient (Wildman–Crippen LogP) is 7.36. The minimum absolute atomic E-state index is 0. The summed E-state index contributed by atoms with van der Waals surface area (Å²) in [5, 5.41) is 0. The zero-order chi connectivity index (χ0) is 24.8. The van der Waals surface area contributed by atoms with Crippen molar-refractivity contribution in [2.45, 2.75) is 98.0 Å². The molecular weight excluding hydrogens is 466 g/mol. The Morgan fingerprint density at radius 1 is 0.833 bits per heavy atom. The first-order valence-electron chi connectivity index (χ1n) is 14.9. The number of rotatable bonds is 8. The second-order valence-electron chi connectivity index (χ2n) is 12.5. The zero-order valence-corrected chi connectivity index (χ0v) is 24.8. The van der Waals surface area contributed by atoms with Gasteiger partial charge in [-0.2, -0.15) is 0 Å². The van der Waals surface area contributed by atoms with Crippen molar-refractivity contribution in [2.24, 2.45) is 11.3 Å². The molecule has 0 unspecified atom stereocenters. The molecule has 1 aromatic rings. The second-order valence-corrected chi connectivity index (χ2v) is 12.5. The molecule has 3 fully saturated rings. The van der Waals surface area contributed by atoms with Crippen molar-refractivity contribution in [1.29, 1.82) is 0 Å². The summed E-state index contributed by atoms with van der Waals surface area (Å²) in [6, 6.07) is 7.50. The highest BCUT2D eigenvalue weighted by Crippen LogP contribution is 2.46. The molecule has 0 spiro atoms. The number of benzene rings is 1. The van der Waals surface area contributed by atoms with Gasteiger partial charge in [0.15, 0.2) is 0 Å². The number of halogens is 1. The monoisotopic (exact) mass is 519 g/mol. The van der Waals surface area contributed by atoms with Crippen molar-refractivity contribution < 1.29 is 4.74 Å². The number of nitrogens with zero attached hydrogens (tertiary/aromatic N) is 3. The molecule has 1 aliphatic carbocycles. The lowest BCUT2D eigenvalue weighted by atomic mass is 9.68. The summed E-state index contributed by atoms with van der Waals surface area (Å²) in [4.78, 5) is 8.00. The van der Waals surface area contributed by atoms with E-state index in [9.17, 15) is 0 Å². The Kier molecular flexibility index (Phi) is 11.3. The Bertz CT molecular complexity index is 771. The average molecular weight is 520 g/mol. The SMILES string of the molecule is CCCCN1CCN(c2ccc(N3CCC(OCC)CC3)cc2C2CCC(C(C)(C)C)CC2)CC1.Cl. The normalized spacial score (nSPS) is 24.6. The summed E-state index contributed by atoms with van der Waals surface area (Å²) >= 11 is 0. The van der Waals surface area contributed by atoms with Crippen LogP contribution in [0.25, 0.3) is 0 Å². The molecule has 0 radical (unpaired) electrons. The fourth-order valence-corrected chi connectivity index (χ4v) is 6.73. The largest absolute Gasteiger partial charge is 0.378 e. The van der Waals surface area contributed by atoms with Gasteiger partial charge in [-0.1, -0.05) is 34.1 Å². The lowest BCUT2D eigenvalue weighted by Crippen LogP contribution is -2.47. The van der Waals surface area contributed by atoms with E-state index in [2.05, 4.69) is 67.5 Å². The highest BCUT2D eigenvalue weighted by atomic mass is 35.5. The molecule has 5 heteroatoms. The highest BCUT2D eigenvalue weighted by Gasteiger charge is 2.32. The lowest BCUT2D eigenvalue weighted by molar-refractivity contribution is 0.0459. The Morgan fingerprint density at radius 2 is 1.50 bits per heavy atom. The molecule has 2 saturated heterocycles. The van der Waals surface area contributed by atoms with Crippen molar-refractivity contribution in [3.05, 3.63) is 23.8 Å². The van der Waals surface area contributed by atoms with E-state index < -0.39 is 0 Å². The quantitative estimate of drug-likeness (QED) is 0.357. The van der Waals surface area contributed by atoms with Gasteiger partial charge in [-0.25, -0.2) is 0 Å². The molecule has 4 nitrogen and oxygen atoms in total. The minimum atomic E-state index is 0. The van der Waals surface area contributed by atoms with Crippen molar-refractivity contribution >= 4 is 23.8 Å². The molecule has 206 valence electrons. The fourth-order valence-electron chi connectivity index (χ4n) is 6.73. The zero-order valence-electron chi connectivity index (χ0n) is 23.9. The second kappa shape index (κ2) is 13.7. The van der Waals surface area contributed by atoms with Crippen LogP contribution in [0.2, 0.25) is 0 Å². The van der Waals surface area contributed by atoms with Gasteiger partial charge in [-0.05, 0) is 99.4 Å². The molecule has 36 heavy (non-hydrogen) atoms. The number of anilines is 2. The molecular formula is C31H54ClN3O. The highest BCUT2D eigenvalue weighted by molar-refractivity contribution is 5.85. The van der Waals surface area contributed by atoms with E-state index in [1.54, 1.807) is 5.56 Å². The number of piperidine rings is 1. The molecule has 0 N–H and O–H groups in total. The summed E-state index contributed by atoms with van der Waals surface area (Å²) in [6.45, 7) is 20.9. The lowest BCUT2D eigenvalue weighted by Gasteiger charge is -2.41. The number of unbranched alkanes of at least 4 members (excludes halogenated alkanes) is 1. The Hall–Kier alpha value is -0.970. The smallest absolute Gasteiger partial charge is 0.0608 e. The van der Waals surface area contributed by atoms with Gasteiger partial charge in [0.05, 0.1) is 6.10 Å². The van der Waals surface area contributed by atoms with Gasteiger partial charge in [-0.3, -0.25) is 4.90 Å². The Balaban J connectivity index is 0.00000361. The van der Waals surface area contributed by atoms with Gasteiger partial charge >= 0.3 is 0 Å². The molecule has 1 saturated carbocycles. The molecule has 0 amide bonds. The maximum Gasteiger partial charge on any atom is 0.0608 e. The van der Waals surface area contributed by atoms with E-state index >= 15 is 0 Å². The van der Waals surface area contributed by atoms with E-state index in [1.807, 2.05) is 0 Å². The fraction of sp³-hybridized carbons (Fsp3) is 0.806. The number of hydrogen-bond acceptors (Lipinski definition) is 4. The first-order valence-corrected chi connectivity index (χ1v) is 14.9. The van der Waals surface area contributed by atoms with Crippen LogP contribution in [0.4, 0.5) is 11.4 Å². The minimum Gasteiger partial charge on any atom is -0.378 e. The van der Waals surface area contributed by atoms with Gasteiger partial charge in [0, 0.05) is 57.3 Å². The molecule has 1 aromatic carbocycles. The van der Waals surface area contributed by atoms with E-state index in [0.29, 0.717) is 17.4 Å². The molecule has 0 bridgehead atoms. The van der Waals surface area contributed by atoms with Crippen LogP contribution in [0.1, 0.15) is 97.5 Å². The molecule has 0 aromatic heterocycles. The first-order chi connectivity index (χ1) is 16.9. The third kappa shape index (κ3) is 7.54. The number of ether oxygens (including phenoxy) is 1. The third-order valence-corrected chi connectivity index (χ3v) is 9.15. The van der Waals surface area contributed by atoms with Gasteiger partial charge in [0.25, 0.3) is 0 Å². The summed E-state index contributed by atoms with van der Waals surface area (Å²) in [6.07, 6.45) is 10.8. The molecule has 0 atom stereocenters. The van der Waals surface area contributed by atoms with Gasteiger partial charge in [0.2, 0.25) is 0 Å². The Labute approximate surface area is 228 Å². The van der Waals surface area contributed by atoms with Crippen molar-refractivity contribution in [3.63, 3.8) is 0 Å². The van der Waals surface area contributed by atoms with E-state index in [4.69, 9.17) is 4.74 Å². The first kappa shape index (κ1) is 29.6. The van der Waals surface area contributed by atoms with Crippen LogP contribution in [-0.4, -0.2) is 63.4 Å². The average Bonchev–Trinajstić information content (AvgIpc) is 2.88. The predicted molar refractivity (Wildman–Crippen MR) is 158 cm³/mol. The van der Waals surface area contributed by atoms with Gasteiger partial charge < -0.3 is 14.5 Å². The van der Waals surface area contributed by atoms with Gasteiger partial charge in [0.1, 0.15) is 0 Å². The standard InChI is InChI=1S/C31H53N3O.ClH/c1-6-8-17-32-20-22-34(23-21-32)30-14-13-27(33-18-15-28(16-19-33)35-7-2)24-29(30)25-9-11-26(12-10-25)31(3,4)5;/h13-14,24-26,28H,6-12,15-23H2,1-5H3;1H. The van der Waals surface area contributed by atoms with Crippen LogP contribution >= 0.6 is 12.4 Å². The van der Waals surface area contributed by atoms with Gasteiger partial charge in [-0.15, -0.1) is 12.4 Å². The molecule has 4 rings (SSSR count). The molecule has 3 aliphatic rings. The van der Waals surface area contributed by atoms with Crippen molar-refractivity contribution in [2.75, 3.05) is 62.2 Å². The summed E-state index contributed by atoms with van der Waals surface area (Å²) in [5.41, 5.74) is 5.06. The summed E-state index contributed by atoms with van der Waals surface area (Å²) in [5.74, 6) is 1.58. The van der Waals surface area contributed by atoms with Crippen LogP contribution in [0.5, 0.6) is 0 Å². The molecule has 2 heterocycles. The maximum absolute atomic E-state index is 5.92. The van der Waals surface area contributed by atoms with Crippen LogP contribution in [0.15, 0.2) is 18.2 Å². The van der Waals surface area contributed by atoms with Crippen molar-refractivity contribution in [1.82, 2.24) is 4.90 Å². The van der Waals surface area contributed by atoms with E-state index in [-0.39, 0.29) is 12.4 Å². The van der Waals surface area contributed by atoms with E-state index in [1.165, 1.54) is 82.6 Å². The summed E-state index contributed by atoms with van der Waals surface area (Å²) in [7, 11) is 0. The maximum atomic E-state index is 5.92. The number of hydrogen-bond donors (Lipinski definition) is 0. The van der Waals surface area contributed by atoms with Crippen LogP contribution in [-0.2, 0) is 4.74 Å². The third-order valence-electron chi connectivity index (χ3n) is 9.15. The van der Waals surface area contributed by atoms with Crippen molar-refractivity contribution in [3.8, 4) is 0 Å². The number of piperazine rings is 1. The Morgan fingerprint density at radius 3 is 2.08 bits per heavy atom. The van der Waals surface area contributed by atoms with Crippen LogP contribution in [0, 0.1) is 11.3 Å². The topological polar surface area (TPSA) is 19.0 Å². The summed E-state index contributed by atoms with van der Waals surface area (Å²) < 4.78 is 5.92. The van der Waals surface area contributed by atoms with Crippen LogP contribution in [0.3, 0.4) is 0 Å². The van der Waals surface area contributed by atoms with Crippen LogP contribution < -0.4 is 9.80 Å². The van der Waals surface area contributed by atoms with E-state index in [0.717, 1.165) is 38.5 Å².